The zero-order chi connectivity index (χ0) is 27.8. The van der Waals surface area contributed by atoms with E-state index in [2.05, 4.69) is 5.32 Å². The predicted octanol–water partition coefficient (Wildman–Crippen LogP) is 3.91. The fraction of sp³-hybridized carbons (Fsp3) is 0.345. The first-order chi connectivity index (χ1) is 18.6. The summed E-state index contributed by atoms with van der Waals surface area (Å²) in [4.78, 5) is 13.3. The molecular weight excluding hydrogens is 520 g/mol. The molecule has 5 rings (SSSR count). The van der Waals surface area contributed by atoms with E-state index >= 15 is 0 Å². The van der Waals surface area contributed by atoms with Crippen molar-refractivity contribution in [2.75, 3.05) is 31.1 Å². The number of carbonyl (C=O) groups excluding carboxylic acids is 1. The smallest absolute Gasteiger partial charge is 0.264 e. The standard InChI is InChI=1S/C29H32N2O7S/c1-29(2,3)19-9-14-24-23(15-19)31(39(33,34)22-12-10-20(35-4)11-13-22)17-27(38-24)28(32)30-16-21-18-36-25-7-5-6-8-26(25)37-21/h5-15,21,27H,16-18H2,1-4H3,(H,30,32)/t21-,27-/m1/s1. The van der Waals surface area contributed by atoms with E-state index in [1.54, 1.807) is 24.3 Å². The summed E-state index contributed by atoms with van der Waals surface area (Å²) in [5.41, 5.74) is 1.11. The van der Waals surface area contributed by atoms with Crippen LogP contribution in [0.5, 0.6) is 23.0 Å². The van der Waals surface area contributed by atoms with Gasteiger partial charge in [0.2, 0.25) is 0 Å². The van der Waals surface area contributed by atoms with Crippen molar-refractivity contribution in [3.63, 3.8) is 0 Å². The largest absolute Gasteiger partial charge is 0.497 e. The molecule has 3 aromatic carbocycles. The molecule has 10 heteroatoms. The van der Waals surface area contributed by atoms with Gasteiger partial charge in [0.25, 0.3) is 15.9 Å². The summed E-state index contributed by atoms with van der Waals surface area (Å²) in [7, 11) is -2.51. The van der Waals surface area contributed by atoms with Gasteiger partial charge in [0.1, 0.15) is 24.2 Å². The number of para-hydroxylation sites is 2. The second kappa shape index (κ2) is 10.3. The number of anilines is 1. The molecule has 0 saturated carbocycles. The van der Waals surface area contributed by atoms with Crippen LogP contribution in [0.25, 0.3) is 0 Å². The van der Waals surface area contributed by atoms with E-state index < -0.39 is 28.1 Å². The second-order valence-electron chi connectivity index (χ2n) is 10.5. The summed E-state index contributed by atoms with van der Waals surface area (Å²) in [6, 6.07) is 18.9. The van der Waals surface area contributed by atoms with Crippen LogP contribution in [-0.4, -0.2) is 53.3 Å². The SMILES string of the molecule is COc1ccc(S(=O)(=O)N2C[C@H](C(=O)NC[C@@H]3COc4ccccc4O3)Oc3ccc(C(C)(C)C)cc32)cc1. The average Bonchev–Trinajstić information content (AvgIpc) is 2.94. The van der Waals surface area contributed by atoms with Crippen LogP contribution in [0.1, 0.15) is 26.3 Å². The Hall–Kier alpha value is -3.92. The lowest BCUT2D eigenvalue weighted by molar-refractivity contribution is -0.128. The summed E-state index contributed by atoms with van der Waals surface area (Å²) in [5, 5.41) is 2.84. The fourth-order valence-electron chi connectivity index (χ4n) is 4.45. The Kier molecular flexibility index (Phi) is 7.07. The van der Waals surface area contributed by atoms with Gasteiger partial charge < -0.3 is 24.3 Å². The number of rotatable bonds is 6. The second-order valence-corrected chi connectivity index (χ2v) is 12.4. The monoisotopic (exact) mass is 552 g/mol. The van der Waals surface area contributed by atoms with Crippen molar-refractivity contribution in [1.29, 1.82) is 0 Å². The van der Waals surface area contributed by atoms with Crippen LogP contribution in [0.3, 0.4) is 0 Å². The first-order valence-corrected chi connectivity index (χ1v) is 14.1. The molecule has 0 aromatic heterocycles. The molecule has 0 unspecified atom stereocenters. The van der Waals surface area contributed by atoms with E-state index in [1.165, 1.54) is 23.5 Å². The van der Waals surface area contributed by atoms with Crippen molar-refractivity contribution in [2.45, 2.75) is 43.3 Å². The molecule has 2 aliphatic rings. The lowest BCUT2D eigenvalue weighted by Gasteiger charge is -2.36. The number of carbonyl (C=O) groups is 1. The van der Waals surface area contributed by atoms with Gasteiger partial charge in [0, 0.05) is 0 Å². The van der Waals surface area contributed by atoms with Crippen LogP contribution in [0.15, 0.2) is 71.6 Å². The molecule has 3 aromatic rings. The fourth-order valence-corrected chi connectivity index (χ4v) is 5.92. The van der Waals surface area contributed by atoms with Crippen LogP contribution in [0, 0.1) is 0 Å². The molecule has 2 atom stereocenters. The quantitative estimate of drug-likeness (QED) is 0.495. The topological polar surface area (TPSA) is 103 Å². The maximum Gasteiger partial charge on any atom is 0.264 e. The van der Waals surface area contributed by atoms with Gasteiger partial charge in [-0.25, -0.2) is 8.42 Å². The number of ether oxygens (including phenoxy) is 4. The van der Waals surface area contributed by atoms with Crippen molar-refractivity contribution in [3.8, 4) is 23.0 Å². The van der Waals surface area contributed by atoms with Gasteiger partial charge in [-0.3, -0.25) is 9.10 Å². The van der Waals surface area contributed by atoms with Crippen molar-refractivity contribution in [1.82, 2.24) is 5.32 Å². The Morgan fingerprint density at radius 1 is 1.00 bits per heavy atom. The third kappa shape index (κ3) is 5.47. The number of hydrogen-bond acceptors (Lipinski definition) is 7. The zero-order valence-corrected chi connectivity index (χ0v) is 23.2. The number of benzene rings is 3. The first kappa shape index (κ1) is 26.7. The minimum atomic E-state index is -4.02. The summed E-state index contributed by atoms with van der Waals surface area (Å²) >= 11 is 0. The number of nitrogens with zero attached hydrogens (tertiary/aromatic N) is 1. The van der Waals surface area contributed by atoms with Crippen molar-refractivity contribution >= 4 is 21.6 Å². The van der Waals surface area contributed by atoms with Crippen LogP contribution in [0.4, 0.5) is 5.69 Å². The summed E-state index contributed by atoms with van der Waals surface area (Å²) in [6.07, 6.45) is -1.46. The van der Waals surface area contributed by atoms with Crippen LogP contribution in [-0.2, 0) is 20.2 Å². The lowest BCUT2D eigenvalue weighted by Crippen LogP contribution is -2.52. The molecule has 39 heavy (non-hydrogen) atoms. The molecule has 2 aliphatic heterocycles. The Bertz CT molecular complexity index is 1470. The molecule has 0 spiro atoms. The number of amides is 1. The average molecular weight is 553 g/mol. The van der Waals surface area contributed by atoms with Crippen LogP contribution < -0.4 is 28.6 Å². The van der Waals surface area contributed by atoms with Crippen molar-refractivity contribution < 1.29 is 32.2 Å². The number of hydrogen-bond donors (Lipinski definition) is 1. The highest BCUT2D eigenvalue weighted by molar-refractivity contribution is 7.92. The van der Waals surface area contributed by atoms with E-state index in [1.807, 2.05) is 51.1 Å². The maximum atomic E-state index is 13.9. The molecule has 0 radical (unpaired) electrons. The number of nitrogens with one attached hydrogen (secondary N) is 1. The van der Waals surface area contributed by atoms with E-state index in [4.69, 9.17) is 18.9 Å². The van der Waals surface area contributed by atoms with Gasteiger partial charge in [-0.2, -0.15) is 0 Å². The molecule has 2 heterocycles. The molecule has 9 nitrogen and oxygen atoms in total. The van der Waals surface area contributed by atoms with Crippen molar-refractivity contribution in [3.05, 3.63) is 72.3 Å². The van der Waals surface area contributed by atoms with Gasteiger partial charge in [0.05, 0.1) is 30.8 Å². The molecule has 1 N–H and O–H groups in total. The van der Waals surface area contributed by atoms with Gasteiger partial charge in [-0.15, -0.1) is 0 Å². The normalized spacial score (nSPS) is 18.5. The highest BCUT2D eigenvalue weighted by Crippen LogP contribution is 2.40. The molecule has 0 aliphatic carbocycles. The Morgan fingerprint density at radius 2 is 1.72 bits per heavy atom. The molecule has 0 fully saturated rings. The molecule has 0 saturated heterocycles. The number of sulfonamides is 1. The highest BCUT2D eigenvalue weighted by Gasteiger charge is 2.38. The third-order valence-corrected chi connectivity index (χ3v) is 8.50. The van der Waals surface area contributed by atoms with Gasteiger partial charge in [-0.05, 0) is 59.5 Å². The van der Waals surface area contributed by atoms with Gasteiger partial charge in [-0.1, -0.05) is 39.0 Å². The minimum Gasteiger partial charge on any atom is -0.497 e. The Morgan fingerprint density at radius 3 is 2.41 bits per heavy atom. The Labute approximate surface area is 228 Å². The molecule has 206 valence electrons. The van der Waals surface area contributed by atoms with Gasteiger partial charge in [0.15, 0.2) is 17.6 Å². The summed E-state index contributed by atoms with van der Waals surface area (Å²) in [5.74, 6) is 1.68. The first-order valence-electron chi connectivity index (χ1n) is 12.7. The minimum absolute atomic E-state index is 0.0860. The van der Waals surface area contributed by atoms with E-state index in [0.29, 0.717) is 28.7 Å². The van der Waals surface area contributed by atoms with Gasteiger partial charge >= 0.3 is 0 Å². The molecular formula is C29H32N2O7S. The highest BCUT2D eigenvalue weighted by atomic mass is 32.2. The molecule has 1 amide bonds. The van der Waals surface area contributed by atoms with E-state index in [9.17, 15) is 13.2 Å². The van der Waals surface area contributed by atoms with Crippen molar-refractivity contribution in [2.24, 2.45) is 0 Å². The predicted molar refractivity (Wildman–Crippen MR) is 146 cm³/mol. The Balaban J connectivity index is 1.39. The third-order valence-electron chi connectivity index (χ3n) is 6.71. The lowest BCUT2D eigenvalue weighted by atomic mass is 9.86. The zero-order valence-electron chi connectivity index (χ0n) is 22.3. The summed E-state index contributed by atoms with van der Waals surface area (Å²) in [6.45, 7) is 6.41. The summed E-state index contributed by atoms with van der Waals surface area (Å²) < 4.78 is 51.9. The number of fused-ring (bicyclic) bond motifs is 2. The molecule has 0 bridgehead atoms. The van der Waals surface area contributed by atoms with Crippen LogP contribution in [0.2, 0.25) is 0 Å². The van der Waals surface area contributed by atoms with Crippen LogP contribution >= 0.6 is 0 Å². The maximum absolute atomic E-state index is 13.9. The van der Waals surface area contributed by atoms with E-state index in [-0.39, 0.29) is 30.0 Å². The van der Waals surface area contributed by atoms with E-state index in [0.717, 1.165) is 5.56 Å². The number of methoxy groups -OCH3 is 1.